The van der Waals surface area contributed by atoms with E-state index in [0.29, 0.717) is 12.0 Å². The molecule has 1 saturated heterocycles. The molecule has 1 fully saturated rings. The van der Waals surface area contributed by atoms with Gasteiger partial charge in [0.15, 0.2) is 17.4 Å². The van der Waals surface area contributed by atoms with Crippen LogP contribution in [0.5, 0.6) is 11.6 Å². The number of hydrogen-bond acceptors (Lipinski definition) is 13. The first-order valence-corrected chi connectivity index (χ1v) is 16.0. The van der Waals surface area contributed by atoms with Crippen LogP contribution < -0.4 is 20.1 Å². The van der Waals surface area contributed by atoms with Gasteiger partial charge in [-0.2, -0.15) is 15.1 Å². The van der Waals surface area contributed by atoms with Crippen LogP contribution in [0.2, 0.25) is 0 Å². The minimum absolute atomic E-state index is 0.0894. The Morgan fingerprint density at radius 1 is 1.20 bits per heavy atom. The molecule has 6 atom stereocenters. The van der Waals surface area contributed by atoms with E-state index >= 15 is 0 Å². The van der Waals surface area contributed by atoms with E-state index in [-0.39, 0.29) is 28.7 Å². The smallest absolute Gasteiger partial charge is 0.459 e. The van der Waals surface area contributed by atoms with Crippen molar-refractivity contribution in [2.75, 3.05) is 18.9 Å². The average molecular weight is 645 g/mol. The summed E-state index contributed by atoms with van der Waals surface area (Å²) >= 11 is 0. The number of aliphatic hydroxyl groups is 2. The fraction of sp³-hybridized carbons (Fsp3) is 0.448. The third kappa shape index (κ3) is 6.73. The topological polar surface area (TPSA) is 202 Å². The zero-order chi connectivity index (χ0) is 32.5. The number of nitrogens with zero attached hydrogens (tertiary/aromatic N) is 4. The standard InChI is InChI=1S/C29H37N6O9P/c1-6-40-25-22-24(32-28(30)33-25)35(15-31-22)27-29(5,38)23(36)21(43-27)14-41-45(39,34-17(4)26(37)42-16(2)3)44-20-13-9-11-18-10-7-8-12-19(18)20/h7-13,15-17,21,23,27,36,38H,6,14H2,1-5H3,(H,34,39)(H2,30,32,33)/t17-,21+,23+,27?,29+,45?/m0/s1. The maximum absolute atomic E-state index is 14.3. The summed E-state index contributed by atoms with van der Waals surface area (Å²) in [5, 5.41) is 26.7. The van der Waals surface area contributed by atoms with E-state index in [1.54, 1.807) is 45.0 Å². The molecule has 3 heterocycles. The molecule has 2 unspecified atom stereocenters. The van der Waals surface area contributed by atoms with Crippen LogP contribution in [0.3, 0.4) is 0 Å². The van der Waals surface area contributed by atoms with Crippen molar-refractivity contribution in [3.63, 3.8) is 0 Å². The van der Waals surface area contributed by atoms with Crippen molar-refractivity contribution >= 4 is 41.6 Å². The molecular weight excluding hydrogens is 607 g/mol. The maximum Gasteiger partial charge on any atom is 0.459 e. The van der Waals surface area contributed by atoms with E-state index in [4.69, 9.17) is 29.0 Å². The molecule has 5 N–H and O–H groups in total. The van der Waals surface area contributed by atoms with Crippen molar-refractivity contribution in [2.45, 2.75) is 70.8 Å². The lowest BCUT2D eigenvalue weighted by Gasteiger charge is -2.27. The van der Waals surface area contributed by atoms with Gasteiger partial charge in [-0.3, -0.25) is 13.9 Å². The molecule has 0 aliphatic carbocycles. The SMILES string of the molecule is CCOc1nc(N)nc2c1ncn2C1O[C@H](COP(=O)(N[C@@H](C)C(=O)OC(C)C)Oc2cccc3ccccc23)[C@@H](O)[C@@]1(C)O. The predicted molar refractivity (Wildman–Crippen MR) is 163 cm³/mol. The number of nitrogens with two attached hydrogens (primary N) is 1. The summed E-state index contributed by atoms with van der Waals surface area (Å²) in [5.74, 6) is -0.374. The highest BCUT2D eigenvalue weighted by atomic mass is 31.2. The number of carbonyl (C=O) groups excluding carboxylic acids is 1. The van der Waals surface area contributed by atoms with Crippen molar-refractivity contribution in [1.82, 2.24) is 24.6 Å². The minimum atomic E-state index is -4.36. The van der Waals surface area contributed by atoms with Crippen LogP contribution in [-0.2, 0) is 23.4 Å². The van der Waals surface area contributed by atoms with Gasteiger partial charge in [-0.25, -0.2) is 9.55 Å². The second-order valence-electron chi connectivity index (χ2n) is 11.0. The molecule has 1 aliphatic rings. The molecule has 15 nitrogen and oxygen atoms in total. The van der Waals surface area contributed by atoms with Gasteiger partial charge >= 0.3 is 13.7 Å². The van der Waals surface area contributed by atoms with Gasteiger partial charge in [-0.05, 0) is 46.1 Å². The van der Waals surface area contributed by atoms with Crippen LogP contribution in [0.25, 0.3) is 21.9 Å². The molecule has 0 spiro atoms. The van der Waals surface area contributed by atoms with Gasteiger partial charge in [0.2, 0.25) is 11.8 Å². The number of fused-ring (bicyclic) bond motifs is 2. The van der Waals surface area contributed by atoms with E-state index in [2.05, 4.69) is 20.0 Å². The Balaban J connectivity index is 1.41. The summed E-state index contributed by atoms with van der Waals surface area (Å²) in [6.07, 6.45) is -3.01. The van der Waals surface area contributed by atoms with E-state index in [1.165, 1.54) is 24.7 Å². The number of carbonyl (C=O) groups is 1. The first-order chi connectivity index (χ1) is 21.3. The summed E-state index contributed by atoms with van der Waals surface area (Å²) in [6.45, 7) is 7.78. The Kier molecular flexibility index (Phi) is 9.31. The van der Waals surface area contributed by atoms with Gasteiger partial charge < -0.3 is 34.7 Å². The summed E-state index contributed by atoms with van der Waals surface area (Å²) in [7, 11) is -4.36. The van der Waals surface area contributed by atoms with Crippen molar-refractivity contribution < 1.29 is 42.8 Å². The van der Waals surface area contributed by atoms with Crippen LogP contribution in [-0.4, -0.2) is 78.9 Å². The number of hydrogen-bond donors (Lipinski definition) is 4. The number of esters is 1. The quantitative estimate of drug-likeness (QED) is 0.129. The molecule has 0 radical (unpaired) electrons. The molecule has 0 amide bonds. The molecule has 0 bridgehead atoms. The zero-order valence-corrected chi connectivity index (χ0v) is 26.4. The number of aliphatic hydroxyl groups excluding tert-OH is 1. The highest BCUT2D eigenvalue weighted by molar-refractivity contribution is 7.52. The Labute approximate surface area is 259 Å². The van der Waals surface area contributed by atoms with Gasteiger partial charge in [0.1, 0.15) is 29.6 Å². The minimum Gasteiger partial charge on any atom is -0.476 e. The Bertz CT molecular complexity index is 1730. The number of anilines is 1. The van der Waals surface area contributed by atoms with Gasteiger partial charge in [0.25, 0.3) is 0 Å². The molecule has 45 heavy (non-hydrogen) atoms. The molecule has 5 rings (SSSR count). The summed E-state index contributed by atoms with van der Waals surface area (Å²) in [4.78, 5) is 25.2. The lowest BCUT2D eigenvalue weighted by atomic mass is 9.96. The van der Waals surface area contributed by atoms with E-state index in [9.17, 15) is 19.6 Å². The van der Waals surface area contributed by atoms with E-state index in [1.807, 2.05) is 18.2 Å². The Hall–Kier alpha value is -3.85. The van der Waals surface area contributed by atoms with Crippen LogP contribution in [0.1, 0.15) is 40.8 Å². The first kappa shape index (κ1) is 32.5. The fourth-order valence-corrected chi connectivity index (χ4v) is 6.51. The Morgan fingerprint density at radius 3 is 2.67 bits per heavy atom. The van der Waals surface area contributed by atoms with E-state index < -0.39 is 56.5 Å². The highest BCUT2D eigenvalue weighted by Gasteiger charge is 2.54. The first-order valence-electron chi connectivity index (χ1n) is 14.4. The zero-order valence-electron chi connectivity index (χ0n) is 25.5. The lowest BCUT2D eigenvalue weighted by molar-refractivity contribution is -0.149. The Morgan fingerprint density at radius 2 is 1.93 bits per heavy atom. The van der Waals surface area contributed by atoms with Gasteiger partial charge in [0.05, 0.1) is 25.6 Å². The molecule has 16 heteroatoms. The molecule has 4 aromatic rings. The monoisotopic (exact) mass is 644 g/mol. The number of rotatable bonds is 12. The van der Waals surface area contributed by atoms with Crippen LogP contribution >= 0.6 is 7.75 Å². The molecule has 0 saturated carbocycles. The molecule has 2 aromatic heterocycles. The highest BCUT2D eigenvalue weighted by Crippen LogP contribution is 2.48. The van der Waals surface area contributed by atoms with Crippen LogP contribution in [0, 0.1) is 0 Å². The summed E-state index contributed by atoms with van der Waals surface area (Å²) in [5.41, 5.74) is 4.47. The largest absolute Gasteiger partial charge is 0.476 e. The van der Waals surface area contributed by atoms with Crippen LogP contribution in [0.4, 0.5) is 5.95 Å². The lowest BCUT2D eigenvalue weighted by Crippen LogP contribution is -2.44. The van der Waals surface area contributed by atoms with Gasteiger partial charge in [-0.1, -0.05) is 36.4 Å². The van der Waals surface area contributed by atoms with E-state index in [0.717, 1.165) is 5.39 Å². The van der Waals surface area contributed by atoms with Crippen molar-refractivity contribution in [3.05, 3.63) is 48.8 Å². The fourth-order valence-electron chi connectivity index (χ4n) is 4.98. The van der Waals surface area contributed by atoms with Gasteiger partial charge in [0, 0.05) is 5.39 Å². The number of benzene rings is 2. The van der Waals surface area contributed by atoms with Crippen LogP contribution in [0.15, 0.2) is 48.8 Å². The predicted octanol–water partition coefficient (Wildman–Crippen LogP) is 3.10. The second-order valence-corrected chi connectivity index (χ2v) is 12.7. The summed E-state index contributed by atoms with van der Waals surface area (Å²) < 4.78 is 44.2. The average Bonchev–Trinajstić information content (AvgIpc) is 3.49. The maximum atomic E-state index is 14.3. The number of nitrogen functional groups attached to an aromatic ring is 1. The van der Waals surface area contributed by atoms with Crippen molar-refractivity contribution in [1.29, 1.82) is 0 Å². The number of aromatic nitrogens is 4. The molecule has 1 aliphatic heterocycles. The molecular formula is C29H37N6O9P. The van der Waals surface area contributed by atoms with Gasteiger partial charge in [-0.15, -0.1) is 0 Å². The number of nitrogens with one attached hydrogen (secondary N) is 1. The summed E-state index contributed by atoms with van der Waals surface area (Å²) in [6, 6.07) is 11.4. The number of ether oxygens (including phenoxy) is 3. The third-order valence-electron chi connectivity index (χ3n) is 7.13. The third-order valence-corrected chi connectivity index (χ3v) is 8.76. The number of imidazole rings is 1. The second kappa shape index (κ2) is 12.9. The molecule has 242 valence electrons. The molecule has 2 aromatic carbocycles. The normalized spacial score (nSPS) is 23.7. The van der Waals surface area contributed by atoms with Crippen molar-refractivity contribution in [3.8, 4) is 11.6 Å². The van der Waals surface area contributed by atoms with Crippen molar-refractivity contribution in [2.24, 2.45) is 0 Å².